The number of unbranched alkanes of at least 4 members (excludes halogenated alkanes) is 2. The van der Waals surface area contributed by atoms with Gasteiger partial charge >= 0.3 is 0 Å². The molecule has 0 aliphatic carbocycles. The summed E-state index contributed by atoms with van der Waals surface area (Å²) in [7, 11) is 1.58. The molecule has 4 rings (SSSR count). The van der Waals surface area contributed by atoms with Crippen molar-refractivity contribution in [2.24, 2.45) is 0 Å². The Bertz CT molecular complexity index is 1500. The van der Waals surface area contributed by atoms with Gasteiger partial charge in [-0.15, -0.1) is 0 Å². The Hall–Kier alpha value is -4.37. The summed E-state index contributed by atoms with van der Waals surface area (Å²) in [4.78, 5) is 13.5. The van der Waals surface area contributed by atoms with Gasteiger partial charge in [0.05, 0.1) is 36.3 Å². The van der Waals surface area contributed by atoms with Crippen LogP contribution in [0.3, 0.4) is 0 Å². The monoisotopic (exact) mass is 483 g/mol. The van der Waals surface area contributed by atoms with E-state index in [9.17, 15) is 9.18 Å². The molecule has 0 unspecified atom stereocenters. The lowest BCUT2D eigenvalue weighted by molar-refractivity contribution is 0.285. The van der Waals surface area contributed by atoms with Gasteiger partial charge in [0, 0.05) is 11.6 Å². The molecule has 0 aliphatic rings. The molecule has 1 aromatic heterocycles. The molecule has 36 heavy (non-hydrogen) atoms. The maximum atomic E-state index is 13.9. The highest BCUT2D eigenvalue weighted by molar-refractivity contribution is 5.87. The standard InChI is InChI=1S/C30H26FNO4/c1-3-4-5-17-35-30-22(7-6-8-26(30)34-2)13-16-25-28(21-11-9-20(19-32)10-12-21)29(33)24-15-14-23(31)18-27(24)36-25/h6-16,18H,3-5,17H2,1-2H3/b16-13+. The molecule has 0 amide bonds. The van der Waals surface area contributed by atoms with E-state index in [1.807, 2.05) is 18.2 Å². The van der Waals surface area contributed by atoms with Crippen LogP contribution in [0, 0.1) is 17.1 Å². The quantitative estimate of drug-likeness (QED) is 0.235. The van der Waals surface area contributed by atoms with Crippen molar-refractivity contribution in [2.45, 2.75) is 26.2 Å². The van der Waals surface area contributed by atoms with Crippen LogP contribution >= 0.6 is 0 Å². The summed E-state index contributed by atoms with van der Waals surface area (Å²) in [5, 5.41) is 9.42. The molecule has 0 radical (unpaired) electrons. The van der Waals surface area contributed by atoms with Crippen LogP contribution in [0.5, 0.6) is 11.5 Å². The summed E-state index contributed by atoms with van der Waals surface area (Å²) in [6.45, 7) is 2.68. The van der Waals surface area contributed by atoms with Crippen molar-refractivity contribution in [1.82, 2.24) is 0 Å². The minimum atomic E-state index is -0.498. The van der Waals surface area contributed by atoms with Gasteiger partial charge in [-0.3, -0.25) is 4.79 Å². The molecule has 0 atom stereocenters. The Morgan fingerprint density at radius 1 is 1.06 bits per heavy atom. The van der Waals surface area contributed by atoms with Crippen molar-refractivity contribution < 1.29 is 18.3 Å². The molecule has 6 heteroatoms. The average molecular weight is 484 g/mol. The number of ether oxygens (including phenoxy) is 2. The third kappa shape index (κ3) is 5.31. The number of rotatable bonds is 9. The molecule has 5 nitrogen and oxygen atoms in total. The number of hydrogen-bond donors (Lipinski definition) is 0. The number of benzene rings is 3. The summed E-state index contributed by atoms with van der Waals surface area (Å²) in [5.74, 6) is 0.967. The van der Waals surface area contributed by atoms with Gasteiger partial charge in [-0.05, 0) is 54.5 Å². The molecule has 1 heterocycles. The van der Waals surface area contributed by atoms with Crippen molar-refractivity contribution >= 4 is 23.1 Å². The topological polar surface area (TPSA) is 72.5 Å². The average Bonchev–Trinajstić information content (AvgIpc) is 2.90. The van der Waals surface area contributed by atoms with Crippen LogP contribution < -0.4 is 14.9 Å². The number of nitrogens with zero attached hydrogens (tertiary/aromatic N) is 1. The summed E-state index contributed by atoms with van der Waals surface area (Å²) in [6, 6.07) is 18.2. The van der Waals surface area contributed by atoms with Gasteiger partial charge < -0.3 is 13.9 Å². The first-order chi connectivity index (χ1) is 17.5. The van der Waals surface area contributed by atoms with Crippen molar-refractivity contribution in [3.05, 3.63) is 93.6 Å². The van der Waals surface area contributed by atoms with E-state index < -0.39 is 5.82 Å². The van der Waals surface area contributed by atoms with Gasteiger partial charge in [0.15, 0.2) is 11.5 Å². The second-order valence-corrected chi connectivity index (χ2v) is 8.27. The van der Waals surface area contributed by atoms with Crippen LogP contribution in [0.4, 0.5) is 4.39 Å². The Kier molecular flexibility index (Phi) is 7.82. The summed E-state index contributed by atoms with van der Waals surface area (Å²) in [5.41, 5.74) is 2.00. The van der Waals surface area contributed by atoms with Crippen LogP contribution in [0.15, 0.2) is 69.9 Å². The van der Waals surface area contributed by atoms with E-state index in [0.717, 1.165) is 24.8 Å². The zero-order valence-electron chi connectivity index (χ0n) is 20.2. The number of nitriles is 1. The molecule has 3 aromatic carbocycles. The van der Waals surface area contributed by atoms with Crippen LogP contribution in [-0.4, -0.2) is 13.7 Å². The smallest absolute Gasteiger partial charge is 0.201 e. The van der Waals surface area contributed by atoms with Crippen molar-refractivity contribution in [3.8, 4) is 28.7 Å². The first-order valence-electron chi connectivity index (χ1n) is 11.8. The second kappa shape index (κ2) is 11.4. The fraction of sp³-hybridized carbons (Fsp3) is 0.200. The normalized spacial score (nSPS) is 11.1. The van der Waals surface area contributed by atoms with Gasteiger partial charge in [0.25, 0.3) is 0 Å². The van der Waals surface area contributed by atoms with Gasteiger partial charge in [-0.2, -0.15) is 5.26 Å². The third-order valence-electron chi connectivity index (χ3n) is 5.82. The van der Waals surface area contributed by atoms with Crippen LogP contribution in [0.25, 0.3) is 34.2 Å². The van der Waals surface area contributed by atoms with Gasteiger partial charge in [-0.25, -0.2) is 4.39 Å². The van der Waals surface area contributed by atoms with Crippen molar-refractivity contribution in [2.75, 3.05) is 13.7 Å². The van der Waals surface area contributed by atoms with E-state index in [-0.39, 0.29) is 22.2 Å². The summed E-state index contributed by atoms with van der Waals surface area (Å²) < 4.78 is 31.5. The SMILES string of the molecule is CCCCCOc1c(/C=C/c2oc3cc(F)ccc3c(=O)c2-c2ccc(C#N)cc2)cccc1OC. The van der Waals surface area contributed by atoms with E-state index in [2.05, 4.69) is 13.0 Å². The first-order valence-corrected chi connectivity index (χ1v) is 11.8. The number of hydrogen-bond acceptors (Lipinski definition) is 5. The minimum Gasteiger partial charge on any atom is -0.493 e. The lowest BCUT2D eigenvalue weighted by Gasteiger charge is -2.13. The highest BCUT2D eigenvalue weighted by atomic mass is 19.1. The molecule has 0 fully saturated rings. The number of fused-ring (bicyclic) bond motifs is 1. The van der Waals surface area contributed by atoms with Gasteiger partial charge in [0.1, 0.15) is 17.2 Å². The fourth-order valence-electron chi connectivity index (χ4n) is 3.96. The second-order valence-electron chi connectivity index (χ2n) is 8.27. The Morgan fingerprint density at radius 3 is 2.58 bits per heavy atom. The third-order valence-corrected chi connectivity index (χ3v) is 5.82. The lowest BCUT2D eigenvalue weighted by Crippen LogP contribution is -2.07. The fourth-order valence-corrected chi connectivity index (χ4v) is 3.96. The highest BCUT2D eigenvalue weighted by Crippen LogP contribution is 2.34. The number of para-hydroxylation sites is 1. The first kappa shape index (κ1) is 24.7. The Morgan fingerprint density at radius 2 is 1.86 bits per heavy atom. The maximum Gasteiger partial charge on any atom is 0.201 e. The highest BCUT2D eigenvalue weighted by Gasteiger charge is 2.16. The largest absolute Gasteiger partial charge is 0.493 e. The summed E-state index contributed by atoms with van der Waals surface area (Å²) in [6.07, 6.45) is 6.53. The molecular formula is C30H26FNO4. The van der Waals surface area contributed by atoms with Crippen molar-refractivity contribution in [3.63, 3.8) is 0 Å². The zero-order valence-corrected chi connectivity index (χ0v) is 20.2. The Labute approximate surface area is 209 Å². The predicted octanol–water partition coefficient (Wildman–Crippen LogP) is 7.22. The molecule has 0 bridgehead atoms. The predicted molar refractivity (Wildman–Crippen MR) is 140 cm³/mol. The molecule has 0 saturated heterocycles. The van der Waals surface area contributed by atoms with Crippen molar-refractivity contribution in [1.29, 1.82) is 5.26 Å². The summed E-state index contributed by atoms with van der Waals surface area (Å²) >= 11 is 0. The molecular weight excluding hydrogens is 457 g/mol. The number of halogens is 1. The molecule has 0 saturated carbocycles. The van der Waals surface area contributed by atoms with Crippen LogP contribution in [0.2, 0.25) is 0 Å². The van der Waals surface area contributed by atoms with E-state index >= 15 is 0 Å². The maximum absolute atomic E-state index is 13.9. The molecule has 182 valence electrons. The lowest BCUT2D eigenvalue weighted by atomic mass is 10.00. The molecule has 0 spiro atoms. The van der Waals surface area contributed by atoms with Gasteiger partial charge in [0.2, 0.25) is 5.43 Å². The van der Waals surface area contributed by atoms with E-state index in [4.69, 9.17) is 19.2 Å². The molecule has 0 N–H and O–H groups in total. The molecule has 0 aliphatic heterocycles. The number of methoxy groups -OCH3 is 1. The molecule has 4 aromatic rings. The van der Waals surface area contributed by atoms with Crippen LogP contribution in [-0.2, 0) is 0 Å². The van der Waals surface area contributed by atoms with Crippen LogP contribution in [0.1, 0.15) is 43.1 Å². The van der Waals surface area contributed by atoms with E-state index in [1.165, 1.54) is 18.2 Å². The Balaban J connectivity index is 1.83. The van der Waals surface area contributed by atoms with Gasteiger partial charge in [-0.1, -0.05) is 44.0 Å². The minimum absolute atomic E-state index is 0.152. The van der Waals surface area contributed by atoms with E-state index in [0.29, 0.717) is 34.8 Å². The van der Waals surface area contributed by atoms with E-state index in [1.54, 1.807) is 43.5 Å². The zero-order chi connectivity index (χ0) is 25.5.